The van der Waals surface area contributed by atoms with E-state index in [1.165, 1.54) is 12.8 Å². The van der Waals surface area contributed by atoms with Crippen molar-refractivity contribution in [2.75, 3.05) is 13.2 Å². The first kappa shape index (κ1) is 10.7. The molecule has 1 saturated carbocycles. The summed E-state index contributed by atoms with van der Waals surface area (Å²) < 4.78 is 0. The molecular weight excluding hydrogens is 186 g/mol. The third-order valence-corrected chi connectivity index (χ3v) is 3.20. The molecule has 15 heavy (non-hydrogen) atoms. The Kier molecular flexibility index (Phi) is 3.08. The topological polar surface area (TPSA) is 32.3 Å². The first-order valence-electron chi connectivity index (χ1n) is 5.66. The maximum absolute atomic E-state index is 9.51. The van der Waals surface area contributed by atoms with Crippen molar-refractivity contribution in [3.63, 3.8) is 0 Å². The lowest BCUT2D eigenvalue weighted by Gasteiger charge is -2.29. The molecule has 1 aromatic carbocycles. The molecule has 0 aliphatic heterocycles. The van der Waals surface area contributed by atoms with Gasteiger partial charge in [0.05, 0.1) is 12.1 Å². The summed E-state index contributed by atoms with van der Waals surface area (Å²) in [5, 5.41) is 13.0. The summed E-state index contributed by atoms with van der Waals surface area (Å²) in [5.74, 6) is 0.833. The molecule has 0 spiro atoms. The van der Waals surface area contributed by atoms with E-state index in [1.54, 1.807) is 0 Å². The van der Waals surface area contributed by atoms with E-state index in [2.05, 4.69) is 24.4 Å². The number of rotatable bonds is 5. The molecule has 1 unspecified atom stereocenters. The summed E-state index contributed by atoms with van der Waals surface area (Å²) in [6.07, 6.45) is 2.67. The zero-order chi connectivity index (χ0) is 10.7. The van der Waals surface area contributed by atoms with Crippen LogP contribution in [0, 0.1) is 5.92 Å². The molecule has 0 radical (unpaired) electrons. The quantitative estimate of drug-likeness (QED) is 0.769. The second-order valence-electron chi connectivity index (χ2n) is 4.68. The van der Waals surface area contributed by atoms with Crippen molar-refractivity contribution in [3.8, 4) is 0 Å². The van der Waals surface area contributed by atoms with Gasteiger partial charge in [-0.3, -0.25) is 0 Å². The molecular formula is C13H19NO. The third-order valence-electron chi connectivity index (χ3n) is 3.20. The fourth-order valence-electron chi connectivity index (χ4n) is 1.75. The average Bonchev–Trinajstić information content (AvgIpc) is 3.11. The van der Waals surface area contributed by atoms with Gasteiger partial charge in [-0.15, -0.1) is 0 Å². The summed E-state index contributed by atoms with van der Waals surface area (Å²) >= 11 is 0. The zero-order valence-electron chi connectivity index (χ0n) is 9.24. The lowest BCUT2D eigenvalue weighted by molar-refractivity contribution is 0.174. The van der Waals surface area contributed by atoms with Crippen molar-refractivity contribution >= 4 is 0 Å². The van der Waals surface area contributed by atoms with E-state index in [1.807, 2.05) is 18.2 Å². The molecule has 2 nitrogen and oxygen atoms in total. The first-order valence-corrected chi connectivity index (χ1v) is 5.66. The second kappa shape index (κ2) is 4.33. The second-order valence-corrected chi connectivity index (χ2v) is 4.68. The van der Waals surface area contributed by atoms with Crippen LogP contribution in [0.5, 0.6) is 0 Å². The molecule has 2 rings (SSSR count). The molecule has 2 N–H and O–H groups in total. The van der Waals surface area contributed by atoms with Gasteiger partial charge in [-0.05, 0) is 37.8 Å². The van der Waals surface area contributed by atoms with Crippen LogP contribution in [0.4, 0.5) is 0 Å². The first-order chi connectivity index (χ1) is 7.24. The fraction of sp³-hybridized carbons (Fsp3) is 0.538. The summed E-state index contributed by atoms with van der Waals surface area (Å²) in [5.41, 5.74) is 0.872. The normalized spacial score (nSPS) is 19.9. The van der Waals surface area contributed by atoms with Crippen molar-refractivity contribution in [1.82, 2.24) is 5.32 Å². The predicted molar refractivity (Wildman–Crippen MR) is 61.6 cm³/mol. The van der Waals surface area contributed by atoms with Crippen LogP contribution in [0.25, 0.3) is 0 Å². The van der Waals surface area contributed by atoms with Gasteiger partial charge in [-0.25, -0.2) is 0 Å². The van der Waals surface area contributed by atoms with Gasteiger partial charge in [0.1, 0.15) is 0 Å². The Hall–Kier alpha value is -0.860. The molecule has 1 aliphatic rings. The van der Waals surface area contributed by atoms with Crippen LogP contribution >= 0.6 is 0 Å². The van der Waals surface area contributed by atoms with Crippen molar-refractivity contribution in [1.29, 1.82) is 0 Å². The molecule has 0 bridgehead atoms. The van der Waals surface area contributed by atoms with Crippen molar-refractivity contribution < 1.29 is 5.11 Å². The van der Waals surface area contributed by atoms with Crippen molar-refractivity contribution in [3.05, 3.63) is 35.9 Å². The standard InChI is InChI=1S/C13H19NO/c1-13(10-15,14-9-11-7-8-11)12-5-3-2-4-6-12/h2-6,11,14-15H,7-10H2,1H3. The number of aliphatic hydroxyl groups excluding tert-OH is 1. The van der Waals surface area contributed by atoms with Crippen LogP contribution < -0.4 is 5.32 Å². The van der Waals surface area contributed by atoms with E-state index in [0.717, 1.165) is 18.0 Å². The van der Waals surface area contributed by atoms with E-state index < -0.39 is 0 Å². The molecule has 1 atom stereocenters. The van der Waals surface area contributed by atoms with Crippen molar-refractivity contribution in [2.24, 2.45) is 5.92 Å². The van der Waals surface area contributed by atoms with E-state index in [-0.39, 0.29) is 12.1 Å². The Bertz CT molecular complexity index is 308. The molecule has 82 valence electrons. The number of hydrogen-bond donors (Lipinski definition) is 2. The molecule has 2 heteroatoms. The Labute approximate surface area is 91.3 Å². The SMILES string of the molecule is CC(CO)(NCC1CC1)c1ccccc1. The minimum atomic E-state index is -0.288. The number of aliphatic hydroxyl groups is 1. The van der Waals surface area contributed by atoms with Crippen LogP contribution in [0.1, 0.15) is 25.3 Å². The third kappa shape index (κ3) is 2.58. The number of hydrogen-bond acceptors (Lipinski definition) is 2. The van der Waals surface area contributed by atoms with Gasteiger partial charge in [0.2, 0.25) is 0 Å². The van der Waals surface area contributed by atoms with Crippen LogP contribution in [0.3, 0.4) is 0 Å². The van der Waals surface area contributed by atoms with Gasteiger partial charge < -0.3 is 10.4 Å². The number of nitrogens with one attached hydrogen (secondary N) is 1. The van der Waals surface area contributed by atoms with E-state index in [9.17, 15) is 5.11 Å². The van der Waals surface area contributed by atoms with E-state index in [0.29, 0.717) is 0 Å². The largest absolute Gasteiger partial charge is 0.394 e. The monoisotopic (exact) mass is 205 g/mol. The van der Waals surface area contributed by atoms with Crippen LogP contribution in [-0.2, 0) is 5.54 Å². The average molecular weight is 205 g/mol. The molecule has 1 aromatic rings. The molecule has 0 amide bonds. The minimum absolute atomic E-state index is 0.143. The Morgan fingerprint density at radius 1 is 1.33 bits per heavy atom. The lowest BCUT2D eigenvalue weighted by atomic mass is 9.93. The van der Waals surface area contributed by atoms with Crippen molar-refractivity contribution in [2.45, 2.75) is 25.3 Å². The van der Waals surface area contributed by atoms with Gasteiger partial charge in [-0.1, -0.05) is 30.3 Å². The fourth-order valence-corrected chi connectivity index (χ4v) is 1.75. The Balaban J connectivity index is 2.05. The van der Waals surface area contributed by atoms with Gasteiger partial charge in [0.25, 0.3) is 0 Å². The minimum Gasteiger partial charge on any atom is -0.394 e. The van der Waals surface area contributed by atoms with E-state index in [4.69, 9.17) is 0 Å². The summed E-state index contributed by atoms with van der Waals surface area (Å²) in [6, 6.07) is 10.2. The molecule has 0 heterocycles. The smallest absolute Gasteiger partial charge is 0.0652 e. The Morgan fingerprint density at radius 2 is 2.00 bits per heavy atom. The number of benzene rings is 1. The maximum atomic E-state index is 9.51. The highest BCUT2D eigenvalue weighted by Gasteiger charge is 2.29. The van der Waals surface area contributed by atoms with Gasteiger partial charge in [0, 0.05) is 0 Å². The molecule has 1 aliphatic carbocycles. The van der Waals surface area contributed by atoms with Crippen LogP contribution in [-0.4, -0.2) is 18.3 Å². The predicted octanol–water partition coefficient (Wildman–Crippen LogP) is 1.89. The van der Waals surface area contributed by atoms with Gasteiger partial charge >= 0.3 is 0 Å². The van der Waals surface area contributed by atoms with Gasteiger partial charge in [-0.2, -0.15) is 0 Å². The Morgan fingerprint density at radius 3 is 2.53 bits per heavy atom. The highest BCUT2D eigenvalue weighted by molar-refractivity contribution is 5.23. The lowest BCUT2D eigenvalue weighted by Crippen LogP contribution is -2.43. The summed E-state index contributed by atoms with van der Waals surface area (Å²) in [6.45, 7) is 3.22. The molecule has 0 aromatic heterocycles. The maximum Gasteiger partial charge on any atom is 0.0652 e. The summed E-state index contributed by atoms with van der Waals surface area (Å²) in [7, 11) is 0. The van der Waals surface area contributed by atoms with Crippen LogP contribution in [0.2, 0.25) is 0 Å². The zero-order valence-corrected chi connectivity index (χ0v) is 9.24. The van der Waals surface area contributed by atoms with E-state index >= 15 is 0 Å². The van der Waals surface area contributed by atoms with Crippen LogP contribution in [0.15, 0.2) is 30.3 Å². The molecule has 0 saturated heterocycles. The molecule has 1 fully saturated rings. The van der Waals surface area contributed by atoms with Gasteiger partial charge in [0.15, 0.2) is 0 Å². The summed E-state index contributed by atoms with van der Waals surface area (Å²) in [4.78, 5) is 0. The highest BCUT2D eigenvalue weighted by Crippen LogP contribution is 2.29. The highest BCUT2D eigenvalue weighted by atomic mass is 16.3.